The second-order valence-electron chi connectivity index (χ2n) is 4.91. The average Bonchev–Trinajstić information content (AvgIpc) is 2.26. The van der Waals surface area contributed by atoms with Crippen molar-refractivity contribution in [2.24, 2.45) is 5.92 Å². The maximum Gasteiger partial charge on any atom is 0.00951 e. The predicted octanol–water partition coefficient (Wildman–Crippen LogP) is 3.69. The lowest BCUT2D eigenvalue weighted by atomic mass is 9.95. The van der Waals surface area contributed by atoms with Crippen molar-refractivity contribution in [3.63, 3.8) is 0 Å². The number of hydrogen-bond acceptors (Lipinski definition) is 1. The summed E-state index contributed by atoms with van der Waals surface area (Å²) in [6.07, 6.45) is 8.39. The first kappa shape index (κ1) is 12.0. The first-order valence-electron chi connectivity index (χ1n) is 6.52. The molecular formula is C13H27N. The minimum absolute atomic E-state index is 0.866. The first-order chi connectivity index (χ1) is 6.77. The largest absolute Gasteiger partial charge is 0.300 e. The van der Waals surface area contributed by atoms with Gasteiger partial charge in [0, 0.05) is 6.04 Å². The standard InChI is InChI=1S/C13H27N/c1-4-12(3)11-13(5-2)14-9-7-6-8-10-14/h12-13H,4-11H2,1-3H3/t12?,13-/m1/s1. The Balaban J connectivity index is 2.35. The SMILES string of the molecule is CCC(C)C[C@@H](CC)N1CCCCC1. The van der Waals surface area contributed by atoms with Crippen LogP contribution in [0.4, 0.5) is 0 Å². The van der Waals surface area contributed by atoms with Gasteiger partial charge in [0.05, 0.1) is 0 Å². The highest BCUT2D eigenvalue weighted by Crippen LogP contribution is 2.21. The molecule has 0 aromatic heterocycles. The fraction of sp³-hybridized carbons (Fsp3) is 1.00. The summed E-state index contributed by atoms with van der Waals surface area (Å²) < 4.78 is 0. The van der Waals surface area contributed by atoms with Gasteiger partial charge in [0.1, 0.15) is 0 Å². The van der Waals surface area contributed by atoms with E-state index in [1.165, 1.54) is 51.6 Å². The summed E-state index contributed by atoms with van der Waals surface area (Å²) in [4.78, 5) is 2.73. The molecule has 0 spiro atoms. The maximum atomic E-state index is 2.73. The molecule has 1 heteroatoms. The van der Waals surface area contributed by atoms with E-state index < -0.39 is 0 Å². The van der Waals surface area contributed by atoms with Gasteiger partial charge in [0.25, 0.3) is 0 Å². The second kappa shape index (κ2) is 6.44. The molecule has 0 radical (unpaired) electrons. The molecule has 0 aliphatic carbocycles. The van der Waals surface area contributed by atoms with Crippen molar-refractivity contribution in [2.45, 2.75) is 65.3 Å². The number of hydrogen-bond donors (Lipinski definition) is 0. The molecular weight excluding hydrogens is 170 g/mol. The lowest BCUT2D eigenvalue weighted by Crippen LogP contribution is -2.39. The van der Waals surface area contributed by atoms with Crippen LogP contribution in [0.5, 0.6) is 0 Å². The summed E-state index contributed by atoms with van der Waals surface area (Å²) in [7, 11) is 0. The van der Waals surface area contributed by atoms with Crippen LogP contribution in [0, 0.1) is 5.92 Å². The molecule has 1 saturated heterocycles. The zero-order valence-electron chi connectivity index (χ0n) is 10.3. The summed E-state index contributed by atoms with van der Waals surface area (Å²) in [6.45, 7) is 9.77. The van der Waals surface area contributed by atoms with E-state index in [1.54, 1.807) is 0 Å². The van der Waals surface area contributed by atoms with Crippen LogP contribution in [0.3, 0.4) is 0 Å². The summed E-state index contributed by atoms with van der Waals surface area (Å²) >= 11 is 0. The van der Waals surface area contributed by atoms with Crippen molar-refractivity contribution in [2.75, 3.05) is 13.1 Å². The minimum atomic E-state index is 0.866. The molecule has 0 saturated carbocycles. The van der Waals surface area contributed by atoms with E-state index in [2.05, 4.69) is 25.7 Å². The van der Waals surface area contributed by atoms with Gasteiger partial charge >= 0.3 is 0 Å². The molecule has 0 bridgehead atoms. The Hall–Kier alpha value is -0.0400. The number of rotatable bonds is 5. The third kappa shape index (κ3) is 3.61. The molecule has 1 aliphatic rings. The highest BCUT2D eigenvalue weighted by atomic mass is 15.2. The first-order valence-corrected chi connectivity index (χ1v) is 6.52. The van der Waals surface area contributed by atoms with Crippen LogP contribution < -0.4 is 0 Å². The van der Waals surface area contributed by atoms with Gasteiger partial charge in [-0.25, -0.2) is 0 Å². The van der Waals surface area contributed by atoms with Crippen molar-refractivity contribution in [3.8, 4) is 0 Å². The van der Waals surface area contributed by atoms with Gasteiger partial charge in [-0.15, -0.1) is 0 Å². The van der Waals surface area contributed by atoms with Gasteiger partial charge in [0.15, 0.2) is 0 Å². The number of likely N-dealkylation sites (tertiary alicyclic amines) is 1. The zero-order chi connectivity index (χ0) is 10.4. The van der Waals surface area contributed by atoms with E-state index in [-0.39, 0.29) is 0 Å². The van der Waals surface area contributed by atoms with Gasteiger partial charge < -0.3 is 4.90 Å². The van der Waals surface area contributed by atoms with E-state index in [0.717, 1.165) is 12.0 Å². The van der Waals surface area contributed by atoms with E-state index >= 15 is 0 Å². The molecule has 1 unspecified atom stereocenters. The molecule has 0 N–H and O–H groups in total. The maximum absolute atomic E-state index is 2.73. The summed E-state index contributed by atoms with van der Waals surface area (Å²) in [5, 5.41) is 0. The van der Waals surface area contributed by atoms with Crippen LogP contribution in [0.2, 0.25) is 0 Å². The number of nitrogens with zero attached hydrogens (tertiary/aromatic N) is 1. The van der Waals surface area contributed by atoms with E-state index in [1.807, 2.05) is 0 Å². The number of piperidine rings is 1. The molecule has 2 atom stereocenters. The van der Waals surface area contributed by atoms with E-state index in [9.17, 15) is 0 Å². The summed E-state index contributed by atoms with van der Waals surface area (Å²) in [5.41, 5.74) is 0. The smallest absolute Gasteiger partial charge is 0.00951 e. The summed E-state index contributed by atoms with van der Waals surface area (Å²) in [6, 6.07) is 0.866. The third-order valence-electron chi connectivity index (χ3n) is 3.75. The monoisotopic (exact) mass is 197 g/mol. The quantitative estimate of drug-likeness (QED) is 0.650. The fourth-order valence-corrected chi connectivity index (χ4v) is 2.49. The molecule has 1 nitrogen and oxygen atoms in total. The highest BCUT2D eigenvalue weighted by Gasteiger charge is 2.20. The highest BCUT2D eigenvalue weighted by molar-refractivity contribution is 4.75. The normalized spacial score (nSPS) is 23.4. The van der Waals surface area contributed by atoms with Gasteiger partial charge in [-0.2, -0.15) is 0 Å². The van der Waals surface area contributed by atoms with Crippen LogP contribution >= 0.6 is 0 Å². The lowest BCUT2D eigenvalue weighted by Gasteiger charge is -2.35. The van der Waals surface area contributed by atoms with Crippen molar-refractivity contribution in [1.82, 2.24) is 4.90 Å². The van der Waals surface area contributed by atoms with Gasteiger partial charge in [0.2, 0.25) is 0 Å². The molecule has 1 rings (SSSR count). The van der Waals surface area contributed by atoms with Crippen molar-refractivity contribution < 1.29 is 0 Å². The van der Waals surface area contributed by atoms with E-state index in [4.69, 9.17) is 0 Å². The average molecular weight is 197 g/mol. The van der Waals surface area contributed by atoms with Crippen LogP contribution in [0.25, 0.3) is 0 Å². The van der Waals surface area contributed by atoms with E-state index in [0.29, 0.717) is 0 Å². The minimum Gasteiger partial charge on any atom is -0.300 e. The molecule has 0 amide bonds. The van der Waals surface area contributed by atoms with Crippen molar-refractivity contribution >= 4 is 0 Å². The molecule has 84 valence electrons. The van der Waals surface area contributed by atoms with Gasteiger partial charge in [-0.1, -0.05) is 33.6 Å². The Bertz CT molecular complexity index is 138. The summed E-state index contributed by atoms with van der Waals surface area (Å²) in [5.74, 6) is 0.905. The second-order valence-corrected chi connectivity index (χ2v) is 4.91. The predicted molar refractivity (Wildman–Crippen MR) is 63.6 cm³/mol. The molecule has 1 heterocycles. The Morgan fingerprint density at radius 1 is 1.00 bits per heavy atom. The lowest BCUT2D eigenvalue weighted by molar-refractivity contribution is 0.138. The van der Waals surface area contributed by atoms with Crippen LogP contribution in [0.15, 0.2) is 0 Å². The fourth-order valence-electron chi connectivity index (χ4n) is 2.49. The Morgan fingerprint density at radius 3 is 2.14 bits per heavy atom. The molecule has 0 aromatic carbocycles. The van der Waals surface area contributed by atoms with Crippen molar-refractivity contribution in [1.29, 1.82) is 0 Å². The van der Waals surface area contributed by atoms with Crippen molar-refractivity contribution in [3.05, 3.63) is 0 Å². The van der Waals surface area contributed by atoms with Crippen LogP contribution in [0.1, 0.15) is 59.3 Å². The van der Waals surface area contributed by atoms with Gasteiger partial charge in [-0.05, 0) is 44.7 Å². The Labute approximate surface area is 89.9 Å². The molecule has 14 heavy (non-hydrogen) atoms. The van der Waals surface area contributed by atoms with Gasteiger partial charge in [-0.3, -0.25) is 0 Å². The van der Waals surface area contributed by atoms with Crippen LogP contribution in [-0.2, 0) is 0 Å². The zero-order valence-corrected chi connectivity index (χ0v) is 10.3. The Morgan fingerprint density at radius 2 is 1.64 bits per heavy atom. The Kier molecular flexibility index (Phi) is 5.54. The molecule has 1 fully saturated rings. The third-order valence-corrected chi connectivity index (χ3v) is 3.75. The molecule has 1 aliphatic heterocycles. The topological polar surface area (TPSA) is 3.24 Å². The molecule has 0 aromatic rings. The van der Waals surface area contributed by atoms with Crippen LogP contribution in [-0.4, -0.2) is 24.0 Å².